The third-order valence-electron chi connectivity index (χ3n) is 7.90. The second-order valence-corrected chi connectivity index (χ2v) is 11.8. The molecule has 1 aromatic carbocycles. The average molecular weight is 542 g/mol. The largest absolute Gasteiger partial charge is 0.342 e. The number of carbonyl (C=O) groups is 1. The van der Waals surface area contributed by atoms with Crippen molar-refractivity contribution >= 4 is 22.2 Å². The molecule has 9 heteroatoms. The van der Waals surface area contributed by atoms with Gasteiger partial charge in [0.2, 0.25) is 10.9 Å². The van der Waals surface area contributed by atoms with Crippen molar-refractivity contribution < 1.29 is 4.79 Å². The summed E-state index contributed by atoms with van der Waals surface area (Å²) in [6, 6.07) is 8.74. The molecule has 0 unspecified atom stereocenters. The van der Waals surface area contributed by atoms with Crippen molar-refractivity contribution in [3.63, 3.8) is 0 Å². The van der Waals surface area contributed by atoms with Gasteiger partial charge in [-0.15, -0.1) is 12.8 Å². The van der Waals surface area contributed by atoms with Crippen LogP contribution in [-0.2, 0) is 24.1 Å². The summed E-state index contributed by atoms with van der Waals surface area (Å²) in [5, 5.41) is 8.67. The summed E-state index contributed by atoms with van der Waals surface area (Å²) >= 11 is 1.55. The van der Waals surface area contributed by atoms with E-state index < -0.39 is 0 Å². The predicted molar refractivity (Wildman–Crippen MR) is 155 cm³/mol. The van der Waals surface area contributed by atoms with Gasteiger partial charge in [-0.1, -0.05) is 23.5 Å². The van der Waals surface area contributed by atoms with Crippen LogP contribution in [0.5, 0.6) is 0 Å². The molecule has 2 saturated heterocycles. The zero-order valence-electron chi connectivity index (χ0n) is 22.7. The molecule has 1 spiro atoms. The maximum Gasteiger partial charge on any atom is 0.228 e. The van der Waals surface area contributed by atoms with Gasteiger partial charge in [0.15, 0.2) is 0 Å². The van der Waals surface area contributed by atoms with Crippen molar-refractivity contribution in [3.8, 4) is 24.1 Å². The molecule has 3 aliphatic rings. The number of aromatic nitrogens is 5. The first-order valence-electron chi connectivity index (χ1n) is 13.5. The van der Waals surface area contributed by atoms with E-state index in [0.29, 0.717) is 11.8 Å². The molecular formula is C30H35N7OS. The SMILES string of the molecule is C#C.Cc1cc(-c2ccc3c(c2)CCC3)ncn1.Cc1nn2cc(CC(=O)N3CCC4(CC3)CNC4)nc2s1. The van der Waals surface area contributed by atoms with Crippen LogP contribution in [0.1, 0.15) is 46.8 Å². The molecule has 8 nitrogen and oxygen atoms in total. The Labute approximate surface area is 233 Å². The van der Waals surface area contributed by atoms with Gasteiger partial charge in [-0.2, -0.15) is 5.10 Å². The van der Waals surface area contributed by atoms with Crippen LogP contribution in [-0.4, -0.2) is 61.6 Å². The van der Waals surface area contributed by atoms with Crippen molar-refractivity contribution in [3.05, 3.63) is 64.3 Å². The molecule has 39 heavy (non-hydrogen) atoms. The molecule has 3 aromatic heterocycles. The molecule has 1 aliphatic carbocycles. The third-order valence-corrected chi connectivity index (χ3v) is 8.74. The highest BCUT2D eigenvalue weighted by Gasteiger charge is 2.40. The van der Waals surface area contributed by atoms with E-state index in [1.54, 1.807) is 22.2 Å². The Bertz CT molecular complexity index is 1440. The second kappa shape index (κ2) is 11.6. The predicted octanol–water partition coefficient (Wildman–Crippen LogP) is 4.04. The van der Waals surface area contributed by atoms with Gasteiger partial charge in [-0.3, -0.25) is 4.79 Å². The molecule has 1 N–H and O–H groups in total. The number of hydrogen-bond donors (Lipinski definition) is 1. The van der Waals surface area contributed by atoms with Gasteiger partial charge in [-0.05, 0) is 74.6 Å². The summed E-state index contributed by atoms with van der Waals surface area (Å²) in [6.07, 6.45) is 17.9. The van der Waals surface area contributed by atoms with Crippen LogP contribution in [0.15, 0.2) is 36.8 Å². The Balaban J connectivity index is 0.000000154. The Morgan fingerprint density at radius 1 is 1.08 bits per heavy atom. The van der Waals surface area contributed by atoms with Crippen molar-refractivity contribution in [2.24, 2.45) is 5.41 Å². The molecular weight excluding hydrogens is 506 g/mol. The minimum atomic E-state index is 0.194. The molecule has 1 amide bonds. The van der Waals surface area contributed by atoms with E-state index in [0.717, 1.165) is 66.1 Å². The molecule has 7 rings (SSSR count). The number of carbonyl (C=O) groups excluding carboxylic acids is 1. The molecule has 2 fully saturated rings. The number of imidazole rings is 1. The van der Waals surface area contributed by atoms with Gasteiger partial charge in [0, 0.05) is 37.4 Å². The van der Waals surface area contributed by atoms with Gasteiger partial charge in [0.1, 0.15) is 11.3 Å². The summed E-state index contributed by atoms with van der Waals surface area (Å²) in [7, 11) is 0. The minimum absolute atomic E-state index is 0.194. The molecule has 0 bridgehead atoms. The molecule has 4 aromatic rings. The lowest BCUT2D eigenvalue weighted by molar-refractivity contribution is -0.133. The lowest BCUT2D eigenvalue weighted by Crippen LogP contribution is -2.58. The van der Waals surface area contributed by atoms with Gasteiger partial charge in [-0.25, -0.2) is 19.5 Å². The lowest BCUT2D eigenvalue weighted by atomic mass is 9.73. The molecule has 0 atom stereocenters. The Morgan fingerprint density at radius 3 is 2.54 bits per heavy atom. The number of likely N-dealkylation sites (tertiary alicyclic amines) is 1. The standard InChI is InChI=1S/C14H19N5OS.C14H14N2.C2H2/c1-10-17-19-7-11(16-13(19)21-10)6-12(20)18-4-2-14(3-5-18)8-15-9-14;1-10-7-14(16-9-15-10)13-6-5-11-3-2-4-12(11)8-13;1-2/h7,15H,2-6,8-9H2,1H3;5-9H,2-4H2,1H3;1-2H. The molecule has 0 saturated carbocycles. The quantitative estimate of drug-likeness (QED) is 0.394. The second-order valence-electron chi connectivity index (χ2n) is 10.6. The Hall–Kier alpha value is -3.61. The third kappa shape index (κ3) is 6.02. The van der Waals surface area contributed by atoms with E-state index in [9.17, 15) is 4.79 Å². The first-order chi connectivity index (χ1) is 19.0. The molecule has 202 valence electrons. The van der Waals surface area contributed by atoms with Gasteiger partial charge >= 0.3 is 0 Å². The zero-order chi connectivity index (χ0) is 27.4. The number of nitrogens with zero attached hydrogens (tertiary/aromatic N) is 6. The highest BCUT2D eigenvalue weighted by Crippen LogP contribution is 2.35. The summed E-state index contributed by atoms with van der Waals surface area (Å²) in [5.41, 5.74) is 7.57. The lowest BCUT2D eigenvalue weighted by Gasteiger charge is -2.48. The number of amides is 1. The van der Waals surface area contributed by atoms with Crippen LogP contribution in [0.2, 0.25) is 0 Å². The highest BCUT2D eigenvalue weighted by molar-refractivity contribution is 7.16. The fourth-order valence-electron chi connectivity index (χ4n) is 5.60. The number of benzene rings is 1. The molecule has 5 heterocycles. The van der Waals surface area contributed by atoms with Crippen molar-refractivity contribution in [2.75, 3.05) is 26.2 Å². The van der Waals surface area contributed by atoms with Crippen LogP contribution in [0.25, 0.3) is 16.2 Å². The smallest absolute Gasteiger partial charge is 0.228 e. The van der Waals surface area contributed by atoms with Gasteiger partial charge in [0.05, 0.1) is 24.0 Å². The van der Waals surface area contributed by atoms with Crippen LogP contribution >= 0.6 is 11.3 Å². The topological polar surface area (TPSA) is 88.3 Å². The number of terminal acetylenes is 1. The van der Waals surface area contributed by atoms with Gasteiger partial charge < -0.3 is 10.2 Å². The first kappa shape index (κ1) is 27.0. The van der Waals surface area contributed by atoms with Crippen molar-refractivity contribution in [1.29, 1.82) is 0 Å². The zero-order valence-corrected chi connectivity index (χ0v) is 23.5. The van der Waals surface area contributed by atoms with E-state index in [-0.39, 0.29) is 5.91 Å². The van der Waals surface area contributed by atoms with Crippen LogP contribution < -0.4 is 5.32 Å². The molecule has 2 aliphatic heterocycles. The van der Waals surface area contributed by atoms with E-state index in [2.05, 4.69) is 56.4 Å². The summed E-state index contributed by atoms with van der Waals surface area (Å²) in [5.74, 6) is 0.194. The van der Waals surface area contributed by atoms with Gasteiger partial charge in [0.25, 0.3) is 0 Å². The number of hydrogen-bond acceptors (Lipinski definition) is 7. The van der Waals surface area contributed by atoms with Crippen LogP contribution in [0.3, 0.4) is 0 Å². The normalized spacial score (nSPS) is 17.0. The maximum atomic E-state index is 12.4. The summed E-state index contributed by atoms with van der Waals surface area (Å²) in [4.78, 5) is 28.2. The van der Waals surface area contributed by atoms with Crippen molar-refractivity contribution in [1.82, 2.24) is 34.8 Å². The van der Waals surface area contributed by atoms with E-state index in [1.807, 2.05) is 31.0 Å². The highest BCUT2D eigenvalue weighted by atomic mass is 32.1. The number of rotatable bonds is 3. The minimum Gasteiger partial charge on any atom is -0.342 e. The Kier molecular flexibility index (Phi) is 8.05. The molecule has 0 radical (unpaired) electrons. The van der Waals surface area contributed by atoms with E-state index >= 15 is 0 Å². The summed E-state index contributed by atoms with van der Waals surface area (Å²) < 4.78 is 1.77. The maximum absolute atomic E-state index is 12.4. The van der Waals surface area contributed by atoms with Crippen molar-refractivity contribution in [2.45, 2.75) is 52.4 Å². The van der Waals surface area contributed by atoms with Crippen LogP contribution in [0, 0.1) is 32.1 Å². The van der Waals surface area contributed by atoms with E-state index in [4.69, 9.17) is 0 Å². The fourth-order valence-corrected chi connectivity index (χ4v) is 6.35. The average Bonchev–Trinajstić information content (AvgIpc) is 3.63. The number of fused-ring (bicyclic) bond motifs is 2. The first-order valence-corrected chi connectivity index (χ1v) is 14.3. The number of nitrogens with one attached hydrogen (secondary N) is 1. The van der Waals surface area contributed by atoms with Crippen LogP contribution in [0.4, 0.5) is 0 Å². The monoisotopic (exact) mass is 541 g/mol. The number of aryl methyl sites for hydroxylation is 4. The fraction of sp³-hybridized carbons (Fsp3) is 0.433. The summed E-state index contributed by atoms with van der Waals surface area (Å²) in [6.45, 7) is 7.98. The van der Waals surface area contributed by atoms with E-state index in [1.165, 1.54) is 36.0 Å². The number of piperidine rings is 1. The Morgan fingerprint density at radius 2 is 1.85 bits per heavy atom.